The first-order valence-electron chi connectivity index (χ1n) is 19.1. The molecule has 0 radical (unpaired) electrons. The highest BCUT2D eigenvalue weighted by Gasteiger charge is 2.48. The molecule has 5 nitrogen and oxygen atoms in total. The maximum atomic E-state index is 7.00. The van der Waals surface area contributed by atoms with Crippen LogP contribution in [0.2, 0.25) is 0 Å². The second kappa shape index (κ2) is 13.3. The molecular formula is C52H33N3O2. The average molecular weight is 732 g/mol. The summed E-state index contributed by atoms with van der Waals surface area (Å²) >= 11 is 0. The minimum absolute atomic E-state index is 0.492. The summed E-state index contributed by atoms with van der Waals surface area (Å²) in [6.45, 7) is 0. The quantitative estimate of drug-likeness (QED) is 0.170. The van der Waals surface area contributed by atoms with Crippen molar-refractivity contribution in [2.75, 3.05) is 0 Å². The van der Waals surface area contributed by atoms with Gasteiger partial charge in [-0.3, -0.25) is 0 Å². The highest BCUT2D eigenvalue weighted by atomic mass is 16.6. The molecular weight excluding hydrogens is 699 g/mol. The lowest BCUT2D eigenvalue weighted by Crippen LogP contribution is -2.28. The lowest BCUT2D eigenvalue weighted by atomic mass is 9.68. The number of hydrogen-bond acceptors (Lipinski definition) is 5. The Hall–Kier alpha value is -7.63. The average Bonchev–Trinajstić information content (AvgIpc) is 3.61. The largest absolute Gasteiger partial charge is 0.449 e. The van der Waals surface area contributed by atoms with Gasteiger partial charge in [0, 0.05) is 16.7 Å². The Morgan fingerprint density at radius 1 is 0.333 bits per heavy atom. The number of hydrogen-bond donors (Lipinski definition) is 0. The molecule has 0 saturated heterocycles. The van der Waals surface area contributed by atoms with Gasteiger partial charge in [-0.25, -0.2) is 15.0 Å². The van der Waals surface area contributed by atoms with E-state index in [0.717, 1.165) is 38.9 Å². The molecule has 1 aliphatic carbocycles. The van der Waals surface area contributed by atoms with Crippen molar-refractivity contribution in [1.29, 1.82) is 0 Å². The Balaban J connectivity index is 1.07. The molecule has 0 fully saturated rings. The first-order chi connectivity index (χ1) is 28.3. The van der Waals surface area contributed by atoms with E-state index in [4.69, 9.17) is 24.4 Å². The van der Waals surface area contributed by atoms with Gasteiger partial charge in [0.2, 0.25) is 0 Å². The number of para-hydroxylation sites is 1. The van der Waals surface area contributed by atoms with Crippen molar-refractivity contribution < 1.29 is 9.47 Å². The molecule has 11 rings (SSSR count). The molecule has 2 heterocycles. The van der Waals surface area contributed by atoms with E-state index in [1.807, 2.05) is 84.9 Å². The zero-order valence-corrected chi connectivity index (χ0v) is 30.7. The number of fused-ring (bicyclic) bond motifs is 6. The van der Waals surface area contributed by atoms with Gasteiger partial charge < -0.3 is 9.47 Å². The molecule has 0 unspecified atom stereocenters. The molecule has 8 aromatic carbocycles. The van der Waals surface area contributed by atoms with Gasteiger partial charge in [0.15, 0.2) is 40.5 Å². The van der Waals surface area contributed by atoms with E-state index in [0.29, 0.717) is 46.0 Å². The molecule has 0 atom stereocenters. The minimum Gasteiger partial charge on any atom is -0.449 e. The van der Waals surface area contributed by atoms with Gasteiger partial charge >= 0.3 is 0 Å². The van der Waals surface area contributed by atoms with Crippen molar-refractivity contribution in [3.05, 3.63) is 222 Å². The lowest BCUT2D eigenvalue weighted by molar-refractivity contribution is 0.361. The summed E-state index contributed by atoms with van der Waals surface area (Å²) in [5.41, 5.74) is 11.0. The summed E-state index contributed by atoms with van der Waals surface area (Å²) in [4.78, 5) is 15.2. The van der Waals surface area contributed by atoms with Gasteiger partial charge in [-0.15, -0.1) is 0 Å². The Bertz CT molecular complexity index is 2910. The van der Waals surface area contributed by atoms with Crippen LogP contribution in [0.4, 0.5) is 0 Å². The molecule has 5 heteroatoms. The van der Waals surface area contributed by atoms with Crippen LogP contribution >= 0.6 is 0 Å². The summed E-state index contributed by atoms with van der Waals surface area (Å²) in [6, 6.07) is 69.0. The normalized spacial score (nSPS) is 13.0. The first kappa shape index (κ1) is 32.8. The molecule has 0 saturated carbocycles. The number of benzene rings is 8. The molecule has 0 bridgehead atoms. The Morgan fingerprint density at radius 2 is 0.842 bits per heavy atom. The predicted octanol–water partition coefficient (Wildman–Crippen LogP) is 12.8. The van der Waals surface area contributed by atoms with Gasteiger partial charge in [0.25, 0.3) is 0 Å². The summed E-state index contributed by atoms with van der Waals surface area (Å²) in [6.07, 6.45) is 0. The topological polar surface area (TPSA) is 57.1 Å². The standard InChI is InChI=1S/C52H33N3O2/c1-5-17-34(18-6-1)36-21-15-22-37(33-36)50-53-49(35-19-7-2-8-20-35)54-51(55-50)41-28-16-30-44-47(41)56-45-32-31-43-46(48(45)57-44)40-27-13-14-29-42(40)52(43,38-23-9-3-10-24-38)39-25-11-4-12-26-39/h1-33H. The highest BCUT2D eigenvalue weighted by Crippen LogP contribution is 2.62. The molecule has 1 aliphatic heterocycles. The molecule has 57 heavy (non-hydrogen) atoms. The Morgan fingerprint density at radius 3 is 1.56 bits per heavy atom. The fourth-order valence-electron chi connectivity index (χ4n) is 8.57. The van der Waals surface area contributed by atoms with Crippen LogP contribution in [0.15, 0.2) is 200 Å². The third-order valence-electron chi connectivity index (χ3n) is 11.1. The first-order valence-corrected chi connectivity index (χ1v) is 19.1. The maximum absolute atomic E-state index is 7.00. The van der Waals surface area contributed by atoms with E-state index >= 15 is 0 Å². The van der Waals surface area contributed by atoms with Crippen LogP contribution in [0, 0.1) is 0 Å². The van der Waals surface area contributed by atoms with E-state index < -0.39 is 5.41 Å². The second-order valence-corrected chi connectivity index (χ2v) is 14.3. The molecule has 268 valence electrons. The molecule has 2 aliphatic rings. The molecule has 0 N–H and O–H groups in total. The van der Waals surface area contributed by atoms with Gasteiger partial charge in [-0.1, -0.05) is 176 Å². The van der Waals surface area contributed by atoms with Crippen molar-refractivity contribution in [1.82, 2.24) is 15.0 Å². The number of aromatic nitrogens is 3. The van der Waals surface area contributed by atoms with E-state index in [1.165, 1.54) is 16.7 Å². The van der Waals surface area contributed by atoms with Gasteiger partial charge in [-0.2, -0.15) is 0 Å². The zero-order valence-electron chi connectivity index (χ0n) is 30.7. The van der Waals surface area contributed by atoms with Crippen molar-refractivity contribution in [3.8, 4) is 79.4 Å². The Kier molecular flexibility index (Phi) is 7.64. The second-order valence-electron chi connectivity index (χ2n) is 14.3. The van der Waals surface area contributed by atoms with Crippen molar-refractivity contribution in [3.63, 3.8) is 0 Å². The van der Waals surface area contributed by atoms with E-state index in [2.05, 4.69) is 115 Å². The summed E-state index contributed by atoms with van der Waals surface area (Å²) in [7, 11) is 0. The number of ether oxygens (including phenoxy) is 2. The van der Waals surface area contributed by atoms with Crippen molar-refractivity contribution in [2.24, 2.45) is 0 Å². The van der Waals surface area contributed by atoms with Crippen LogP contribution in [0.5, 0.6) is 23.0 Å². The van der Waals surface area contributed by atoms with Crippen molar-refractivity contribution >= 4 is 0 Å². The SMILES string of the molecule is c1ccc(-c2cccc(-c3nc(-c4ccccc4)nc(-c4cccc5c4Oc4ccc6c(c4O5)-c4ccccc4C6(c4ccccc4)c4ccccc4)n3)c2)cc1. The van der Waals surface area contributed by atoms with Crippen molar-refractivity contribution in [2.45, 2.75) is 5.41 Å². The van der Waals surface area contributed by atoms with E-state index in [-0.39, 0.29) is 0 Å². The van der Waals surface area contributed by atoms with Crippen LogP contribution in [-0.4, -0.2) is 15.0 Å². The smallest absolute Gasteiger partial charge is 0.181 e. The van der Waals surface area contributed by atoms with E-state index in [1.54, 1.807) is 0 Å². The lowest BCUT2D eigenvalue weighted by Gasteiger charge is -2.34. The van der Waals surface area contributed by atoms with Crippen LogP contribution in [0.1, 0.15) is 22.3 Å². The Labute approximate surface area is 330 Å². The molecule has 1 aromatic heterocycles. The number of rotatable bonds is 6. The summed E-state index contributed by atoms with van der Waals surface area (Å²) in [5, 5.41) is 0. The van der Waals surface area contributed by atoms with Crippen LogP contribution in [-0.2, 0) is 5.41 Å². The molecule has 0 amide bonds. The highest BCUT2D eigenvalue weighted by molar-refractivity contribution is 5.92. The fraction of sp³-hybridized carbons (Fsp3) is 0.0192. The summed E-state index contributed by atoms with van der Waals surface area (Å²) < 4.78 is 13.9. The predicted molar refractivity (Wildman–Crippen MR) is 225 cm³/mol. The zero-order chi connectivity index (χ0) is 37.8. The monoisotopic (exact) mass is 731 g/mol. The third-order valence-corrected chi connectivity index (χ3v) is 11.1. The summed E-state index contributed by atoms with van der Waals surface area (Å²) in [5.74, 6) is 4.11. The number of nitrogens with zero attached hydrogens (tertiary/aromatic N) is 3. The van der Waals surface area contributed by atoms with Crippen LogP contribution < -0.4 is 9.47 Å². The van der Waals surface area contributed by atoms with Crippen LogP contribution in [0.25, 0.3) is 56.4 Å². The molecule has 0 spiro atoms. The van der Waals surface area contributed by atoms with Gasteiger partial charge in [0.1, 0.15) is 0 Å². The van der Waals surface area contributed by atoms with Crippen LogP contribution in [0.3, 0.4) is 0 Å². The third kappa shape index (κ3) is 5.28. The van der Waals surface area contributed by atoms with E-state index in [9.17, 15) is 0 Å². The minimum atomic E-state index is -0.554. The van der Waals surface area contributed by atoms with Gasteiger partial charge in [-0.05, 0) is 63.2 Å². The molecule has 9 aromatic rings. The maximum Gasteiger partial charge on any atom is 0.181 e. The van der Waals surface area contributed by atoms with Gasteiger partial charge in [0.05, 0.1) is 11.0 Å². The fourth-order valence-corrected chi connectivity index (χ4v) is 8.57.